The van der Waals surface area contributed by atoms with Crippen LogP contribution >= 0.6 is 0 Å². The summed E-state index contributed by atoms with van der Waals surface area (Å²) in [7, 11) is 0. The maximum atomic E-state index is 2.49. The lowest BCUT2D eigenvalue weighted by Gasteiger charge is -2.30. The van der Waals surface area contributed by atoms with Gasteiger partial charge in [0.05, 0.1) is 17.1 Å². The van der Waals surface area contributed by atoms with Crippen LogP contribution < -0.4 is 20.2 Å². The fraction of sp³-hybridized carbons (Fsp3) is 0.0645. The van der Waals surface area contributed by atoms with Crippen LogP contribution in [0.2, 0.25) is 0 Å². The molecule has 7 aromatic carbocycles. The fourth-order valence-corrected chi connectivity index (χ4v) is 9.38. The largest absolute Gasteiger partial charge is 0.313 e. The Morgan fingerprint density at radius 3 is 1.73 bits per heavy atom. The first kappa shape index (κ1) is 40.2. The third-order valence-corrected chi connectivity index (χ3v) is 12.5. The lowest BCUT2D eigenvalue weighted by molar-refractivity contribution is 0.907. The lowest BCUT2D eigenvalue weighted by Crippen LogP contribution is -2.25. The standard InChI is InChI=1S/C62H50N2/c1-3-46-22-11-16-30-54(46)45(2)55-42-40-52(63-59-32-17-12-25-48(59)36-37-49-26-13-18-33-60(49)63)29-21-31-56(47-23-9-7-5-4-6-8-10-24-47)58-44-53(41-43-57(55)58)64-61-34-19-14-27-50(61)38-39-51-28-15-20-35-62(51)64/h3-17,19-32,34-44H,18,33H2,1-2H3/b5-4?,6-4?,7-5?,8-6?,9-7?,10-8?,23-9?,24-10?,29-21?,31-21?,42-40?,46-3-,47-23?,47-24?,52-29?,52-40?,54-45+,55-42?,56-31?,57-55?,58-56?. The molecule has 0 aromatic heterocycles. The van der Waals surface area contributed by atoms with E-state index in [1.165, 1.54) is 49.7 Å². The Balaban J connectivity index is 1.35. The maximum absolute atomic E-state index is 2.49. The minimum atomic E-state index is 0.952. The van der Waals surface area contributed by atoms with Crippen LogP contribution in [0.1, 0.15) is 48.9 Å². The summed E-state index contributed by atoms with van der Waals surface area (Å²) < 4.78 is 0. The quantitative estimate of drug-likeness (QED) is 0.174. The number of hydrogen-bond acceptors (Lipinski definition) is 2. The van der Waals surface area contributed by atoms with E-state index in [1.807, 2.05) is 0 Å². The molecule has 0 amide bonds. The summed E-state index contributed by atoms with van der Waals surface area (Å²) >= 11 is 0. The van der Waals surface area contributed by atoms with Crippen LogP contribution in [-0.2, 0) is 0 Å². The van der Waals surface area contributed by atoms with Crippen molar-refractivity contribution in [1.82, 2.24) is 0 Å². The molecule has 0 unspecified atom stereocenters. The van der Waals surface area contributed by atoms with Crippen molar-refractivity contribution in [2.75, 3.05) is 9.80 Å². The van der Waals surface area contributed by atoms with Gasteiger partial charge in [-0.1, -0.05) is 200 Å². The number of anilines is 5. The molecular weight excluding hydrogens is 773 g/mol. The summed E-state index contributed by atoms with van der Waals surface area (Å²) in [5.74, 6) is 0. The molecule has 1 aliphatic carbocycles. The molecule has 10 rings (SSSR count). The Labute approximate surface area is 377 Å². The van der Waals surface area contributed by atoms with Crippen LogP contribution in [-0.4, -0.2) is 0 Å². The van der Waals surface area contributed by atoms with Gasteiger partial charge in [-0.25, -0.2) is 0 Å². The molecule has 3 aliphatic rings. The second kappa shape index (κ2) is 18.2. The molecule has 0 atom stereocenters. The van der Waals surface area contributed by atoms with Crippen molar-refractivity contribution in [1.29, 1.82) is 0 Å². The number of benzene rings is 5. The first-order valence-electron chi connectivity index (χ1n) is 22.4. The minimum absolute atomic E-state index is 0.952. The van der Waals surface area contributed by atoms with Gasteiger partial charge in [-0.3, -0.25) is 0 Å². The number of fused-ring (bicyclic) bond motifs is 4. The van der Waals surface area contributed by atoms with Gasteiger partial charge in [0.15, 0.2) is 0 Å². The smallest absolute Gasteiger partial charge is 0.0534 e. The normalized spacial score (nSPS) is 14.3. The molecule has 2 heterocycles. The Kier molecular flexibility index (Phi) is 11.4. The molecule has 308 valence electrons. The molecule has 2 aliphatic heterocycles. The predicted molar refractivity (Wildman–Crippen MR) is 275 cm³/mol. The van der Waals surface area contributed by atoms with Gasteiger partial charge in [0.2, 0.25) is 0 Å². The number of allylic oxidation sites excluding steroid dienone is 5. The zero-order chi connectivity index (χ0) is 43.2. The summed E-state index contributed by atoms with van der Waals surface area (Å²) in [4.78, 5) is 4.92. The van der Waals surface area contributed by atoms with Crippen LogP contribution in [0.15, 0.2) is 230 Å². The zero-order valence-electron chi connectivity index (χ0n) is 36.4. The van der Waals surface area contributed by atoms with Crippen molar-refractivity contribution in [2.45, 2.75) is 26.7 Å². The molecule has 0 saturated heterocycles. The highest BCUT2D eigenvalue weighted by Crippen LogP contribution is 2.45. The topological polar surface area (TPSA) is 6.48 Å². The molecule has 0 bridgehead atoms. The summed E-state index contributed by atoms with van der Waals surface area (Å²) in [5, 5.41) is 4.72. The van der Waals surface area contributed by atoms with Crippen molar-refractivity contribution in [3.63, 3.8) is 0 Å². The number of nitrogens with zero attached hydrogens (tertiary/aromatic N) is 2. The summed E-state index contributed by atoms with van der Waals surface area (Å²) in [6.45, 7) is 4.42. The molecule has 64 heavy (non-hydrogen) atoms. The Morgan fingerprint density at radius 1 is 0.469 bits per heavy atom. The predicted octanol–water partition coefficient (Wildman–Crippen LogP) is 15.5. The van der Waals surface area contributed by atoms with Gasteiger partial charge in [-0.15, -0.1) is 0 Å². The van der Waals surface area contributed by atoms with Gasteiger partial charge in [-0.2, -0.15) is 0 Å². The van der Waals surface area contributed by atoms with Crippen LogP contribution in [0.5, 0.6) is 0 Å². The van der Waals surface area contributed by atoms with Crippen LogP contribution in [0, 0.1) is 0 Å². The molecule has 7 aromatic rings. The average Bonchev–Trinajstić information content (AvgIpc) is 3.62. The van der Waals surface area contributed by atoms with E-state index in [0.717, 1.165) is 63.1 Å². The summed E-state index contributed by atoms with van der Waals surface area (Å²) in [5.41, 5.74) is 16.4. The van der Waals surface area contributed by atoms with Crippen LogP contribution in [0.25, 0.3) is 51.8 Å². The number of para-hydroxylation sites is 3. The van der Waals surface area contributed by atoms with Gasteiger partial charge in [0, 0.05) is 17.1 Å². The van der Waals surface area contributed by atoms with Gasteiger partial charge < -0.3 is 9.80 Å². The van der Waals surface area contributed by atoms with Crippen LogP contribution in [0.4, 0.5) is 28.4 Å². The van der Waals surface area contributed by atoms with Crippen molar-refractivity contribution in [3.8, 4) is 11.1 Å². The summed E-state index contributed by atoms with van der Waals surface area (Å²) in [6, 6.07) is 72.8. The molecule has 0 fully saturated rings. The monoisotopic (exact) mass is 822 g/mol. The van der Waals surface area contributed by atoms with Crippen LogP contribution in [0.3, 0.4) is 0 Å². The fourth-order valence-electron chi connectivity index (χ4n) is 9.38. The van der Waals surface area contributed by atoms with E-state index >= 15 is 0 Å². The Morgan fingerprint density at radius 2 is 1.05 bits per heavy atom. The second-order valence-corrected chi connectivity index (χ2v) is 16.3. The number of rotatable bonds is 4. The van der Waals surface area contributed by atoms with E-state index < -0.39 is 0 Å². The molecule has 0 N–H and O–H groups in total. The van der Waals surface area contributed by atoms with Crippen molar-refractivity contribution < 1.29 is 0 Å². The van der Waals surface area contributed by atoms with E-state index in [-0.39, 0.29) is 0 Å². The van der Waals surface area contributed by atoms with Crippen molar-refractivity contribution in [3.05, 3.63) is 262 Å². The molecular formula is C62H50N2. The maximum Gasteiger partial charge on any atom is 0.0534 e. The van der Waals surface area contributed by atoms with E-state index in [1.54, 1.807) is 0 Å². The SMILES string of the molecule is C/C=c1/cccc/c1=C(/C)c1ccc(N2C3=C(C=CCC3)C=Cc3ccccc32)cccc(-c2ccccccccc2)c2cc(N3c4ccccc4C=Cc4ccccc43)ccc12. The zero-order valence-corrected chi connectivity index (χ0v) is 36.4. The lowest BCUT2D eigenvalue weighted by atomic mass is 9.93. The van der Waals surface area contributed by atoms with E-state index in [9.17, 15) is 0 Å². The van der Waals surface area contributed by atoms with Gasteiger partial charge in [0.1, 0.15) is 0 Å². The average molecular weight is 823 g/mol. The third kappa shape index (κ3) is 7.87. The minimum Gasteiger partial charge on any atom is -0.313 e. The first-order chi connectivity index (χ1) is 31.7. The Hall–Kier alpha value is -7.94. The van der Waals surface area contributed by atoms with Gasteiger partial charge >= 0.3 is 0 Å². The first-order valence-corrected chi connectivity index (χ1v) is 22.4. The highest BCUT2D eigenvalue weighted by molar-refractivity contribution is 6.04. The van der Waals surface area contributed by atoms with E-state index in [0.29, 0.717) is 0 Å². The number of hydrogen-bond donors (Lipinski definition) is 0. The van der Waals surface area contributed by atoms with E-state index in [4.69, 9.17) is 0 Å². The molecule has 2 heteroatoms. The highest BCUT2D eigenvalue weighted by atomic mass is 15.2. The van der Waals surface area contributed by atoms with Gasteiger partial charge in [-0.05, 0) is 135 Å². The molecule has 0 radical (unpaired) electrons. The second-order valence-electron chi connectivity index (χ2n) is 16.3. The highest BCUT2D eigenvalue weighted by Gasteiger charge is 2.23. The van der Waals surface area contributed by atoms with E-state index in [2.05, 4.69) is 266 Å². The molecule has 0 saturated carbocycles. The van der Waals surface area contributed by atoms with Gasteiger partial charge in [0.25, 0.3) is 0 Å². The molecule has 0 spiro atoms. The van der Waals surface area contributed by atoms with Crippen molar-refractivity contribution in [2.24, 2.45) is 0 Å². The summed E-state index contributed by atoms with van der Waals surface area (Å²) in [6.07, 6.45) is 17.8. The van der Waals surface area contributed by atoms with Crippen molar-refractivity contribution >= 4 is 69.1 Å². The Bertz CT molecular complexity index is 3250. The molecule has 2 nitrogen and oxygen atoms in total. The third-order valence-electron chi connectivity index (χ3n) is 12.5.